The summed E-state index contributed by atoms with van der Waals surface area (Å²) in [6.07, 6.45) is 3.07. The van der Waals surface area contributed by atoms with Crippen LogP contribution in [0.2, 0.25) is 0 Å². The third kappa shape index (κ3) is 3.74. The van der Waals surface area contributed by atoms with E-state index in [-0.39, 0.29) is 11.7 Å². The van der Waals surface area contributed by atoms with Gasteiger partial charge in [-0.05, 0) is 73.2 Å². The van der Waals surface area contributed by atoms with Crippen molar-refractivity contribution in [3.63, 3.8) is 0 Å². The summed E-state index contributed by atoms with van der Waals surface area (Å²) in [6.45, 7) is 3.46. The lowest BCUT2D eigenvalue weighted by atomic mass is 9.77. The van der Waals surface area contributed by atoms with Gasteiger partial charge in [0.25, 0.3) is 0 Å². The summed E-state index contributed by atoms with van der Waals surface area (Å²) in [4.78, 5) is 14.9. The van der Waals surface area contributed by atoms with Gasteiger partial charge >= 0.3 is 0 Å². The fourth-order valence-corrected chi connectivity index (χ4v) is 4.19. The zero-order valence-electron chi connectivity index (χ0n) is 14.2. The second-order valence-corrected chi connectivity index (χ2v) is 7.24. The summed E-state index contributed by atoms with van der Waals surface area (Å²) < 4.78 is 13.1. The minimum absolute atomic E-state index is 0.0926. The molecule has 4 heteroatoms. The highest BCUT2D eigenvalue weighted by molar-refractivity contribution is 5.91. The lowest BCUT2D eigenvalue weighted by Gasteiger charge is -2.44. The Balaban J connectivity index is 1.41. The van der Waals surface area contributed by atoms with Gasteiger partial charge in [0.1, 0.15) is 5.82 Å². The summed E-state index contributed by atoms with van der Waals surface area (Å²) in [6, 6.07) is 14.1. The van der Waals surface area contributed by atoms with Crippen LogP contribution < -0.4 is 5.32 Å². The Labute approximate surface area is 147 Å². The molecule has 25 heavy (non-hydrogen) atoms. The van der Waals surface area contributed by atoms with Crippen LogP contribution in [0.1, 0.15) is 19.3 Å². The molecule has 130 valence electrons. The fraction of sp³-hybridized carbons (Fsp3) is 0.381. The second-order valence-electron chi connectivity index (χ2n) is 7.24. The number of hydrogen-bond acceptors (Lipinski definition) is 2. The van der Waals surface area contributed by atoms with E-state index in [1.165, 1.54) is 38.1 Å². The highest BCUT2D eigenvalue weighted by Gasteiger charge is 2.34. The summed E-state index contributed by atoms with van der Waals surface area (Å²) in [5, 5.41) is 3.04. The highest BCUT2D eigenvalue weighted by Crippen LogP contribution is 2.34. The zero-order valence-corrected chi connectivity index (χ0v) is 14.2. The molecule has 0 radical (unpaired) electrons. The molecule has 1 amide bonds. The molecule has 0 saturated carbocycles. The van der Waals surface area contributed by atoms with Crippen LogP contribution in [0.25, 0.3) is 11.1 Å². The topological polar surface area (TPSA) is 32.3 Å². The molecule has 5 rings (SSSR count). The summed E-state index contributed by atoms with van der Waals surface area (Å²) >= 11 is 0. The van der Waals surface area contributed by atoms with Crippen LogP contribution in [-0.4, -0.2) is 30.4 Å². The van der Waals surface area contributed by atoms with Crippen molar-refractivity contribution in [2.45, 2.75) is 19.3 Å². The number of nitrogens with zero attached hydrogens (tertiary/aromatic N) is 1. The molecule has 2 bridgehead atoms. The first kappa shape index (κ1) is 16.3. The van der Waals surface area contributed by atoms with E-state index >= 15 is 0 Å². The highest BCUT2D eigenvalue weighted by atomic mass is 19.1. The van der Waals surface area contributed by atoms with Crippen molar-refractivity contribution < 1.29 is 9.18 Å². The molecule has 3 aliphatic heterocycles. The van der Waals surface area contributed by atoms with Crippen LogP contribution in [0.3, 0.4) is 0 Å². The van der Waals surface area contributed by atoms with Crippen LogP contribution in [-0.2, 0) is 4.79 Å². The number of amides is 1. The van der Waals surface area contributed by atoms with E-state index in [0.717, 1.165) is 23.4 Å². The molecule has 3 fully saturated rings. The molecular weight excluding hydrogens is 315 g/mol. The number of fused-ring (bicyclic) bond motifs is 3. The van der Waals surface area contributed by atoms with E-state index in [0.29, 0.717) is 18.3 Å². The molecule has 0 aliphatic carbocycles. The summed E-state index contributed by atoms with van der Waals surface area (Å²) in [5.41, 5.74) is 2.71. The molecule has 3 heterocycles. The van der Waals surface area contributed by atoms with E-state index in [2.05, 4.69) is 10.2 Å². The summed E-state index contributed by atoms with van der Waals surface area (Å²) in [7, 11) is 0. The average molecular weight is 338 g/mol. The largest absolute Gasteiger partial charge is 0.326 e. The number of carbonyl (C=O) groups excluding carboxylic acids is 1. The van der Waals surface area contributed by atoms with Crippen LogP contribution >= 0.6 is 0 Å². The van der Waals surface area contributed by atoms with Gasteiger partial charge in [0.15, 0.2) is 0 Å². The third-order valence-electron chi connectivity index (χ3n) is 5.56. The Morgan fingerprint density at radius 1 is 1.08 bits per heavy atom. The van der Waals surface area contributed by atoms with Crippen LogP contribution in [0, 0.1) is 17.7 Å². The minimum atomic E-state index is -0.245. The monoisotopic (exact) mass is 338 g/mol. The number of piperidine rings is 3. The molecule has 1 unspecified atom stereocenters. The van der Waals surface area contributed by atoms with Crippen LogP contribution in [0.5, 0.6) is 0 Å². The Morgan fingerprint density at radius 2 is 1.84 bits per heavy atom. The normalized spacial score (nSPS) is 24.9. The van der Waals surface area contributed by atoms with Gasteiger partial charge in [0.05, 0.1) is 0 Å². The minimum Gasteiger partial charge on any atom is -0.326 e. The molecule has 1 N–H and O–H groups in total. The predicted octanol–water partition coefficient (Wildman–Crippen LogP) is 4.16. The zero-order chi connectivity index (χ0) is 17.2. The van der Waals surface area contributed by atoms with Crippen molar-refractivity contribution in [2.24, 2.45) is 11.8 Å². The SMILES string of the molecule is O=C(CC1CN2CCC1CC2)Nc1cccc(-c2ccc(F)cc2)c1. The average Bonchev–Trinajstić information content (AvgIpc) is 2.63. The lowest BCUT2D eigenvalue weighted by Crippen LogP contribution is -2.48. The fourth-order valence-electron chi connectivity index (χ4n) is 4.19. The van der Waals surface area contributed by atoms with Gasteiger partial charge in [-0.15, -0.1) is 0 Å². The van der Waals surface area contributed by atoms with Gasteiger partial charge in [-0.1, -0.05) is 24.3 Å². The molecule has 3 aliphatic rings. The van der Waals surface area contributed by atoms with Gasteiger partial charge in [0.2, 0.25) is 5.91 Å². The number of rotatable bonds is 4. The Morgan fingerprint density at radius 3 is 2.52 bits per heavy atom. The van der Waals surface area contributed by atoms with Gasteiger partial charge in [-0.2, -0.15) is 0 Å². The Bertz CT molecular complexity index is 751. The molecule has 3 nitrogen and oxygen atoms in total. The van der Waals surface area contributed by atoms with Gasteiger partial charge in [0, 0.05) is 18.7 Å². The maximum Gasteiger partial charge on any atom is 0.224 e. The third-order valence-corrected chi connectivity index (χ3v) is 5.56. The van der Waals surface area contributed by atoms with Crippen molar-refractivity contribution >= 4 is 11.6 Å². The van der Waals surface area contributed by atoms with Crippen molar-refractivity contribution in [1.82, 2.24) is 4.90 Å². The standard InChI is InChI=1S/C21H23FN2O/c22-19-6-4-15(5-7-19)17-2-1-3-20(12-17)23-21(25)13-18-14-24-10-8-16(18)9-11-24/h1-7,12,16,18H,8-11,13-14H2,(H,23,25). The number of anilines is 1. The van der Waals surface area contributed by atoms with Crippen LogP contribution in [0.15, 0.2) is 48.5 Å². The van der Waals surface area contributed by atoms with Crippen molar-refractivity contribution in [2.75, 3.05) is 25.0 Å². The molecule has 0 aromatic heterocycles. The molecule has 0 spiro atoms. The van der Waals surface area contributed by atoms with Crippen molar-refractivity contribution in [3.05, 3.63) is 54.3 Å². The van der Waals surface area contributed by atoms with Gasteiger partial charge < -0.3 is 10.2 Å². The lowest BCUT2D eigenvalue weighted by molar-refractivity contribution is -0.118. The molecule has 2 aromatic rings. The molecular formula is C21H23FN2O. The first-order valence-electron chi connectivity index (χ1n) is 9.05. The second kappa shape index (κ2) is 6.96. The Hall–Kier alpha value is -2.20. The number of halogens is 1. The van der Waals surface area contributed by atoms with Crippen molar-refractivity contribution in [3.8, 4) is 11.1 Å². The van der Waals surface area contributed by atoms with E-state index in [1.54, 1.807) is 12.1 Å². The van der Waals surface area contributed by atoms with E-state index in [1.807, 2.05) is 24.3 Å². The molecule has 3 saturated heterocycles. The van der Waals surface area contributed by atoms with Crippen molar-refractivity contribution in [1.29, 1.82) is 0 Å². The number of nitrogens with one attached hydrogen (secondary N) is 1. The predicted molar refractivity (Wildman–Crippen MR) is 97.7 cm³/mol. The smallest absolute Gasteiger partial charge is 0.224 e. The van der Waals surface area contributed by atoms with Gasteiger partial charge in [-0.25, -0.2) is 4.39 Å². The first-order chi connectivity index (χ1) is 12.2. The maximum atomic E-state index is 13.1. The quantitative estimate of drug-likeness (QED) is 0.908. The van der Waals surface area contributed by atoms with Crippen LogP contribution in [0.4, 0.5) is 10.1 Å². The van der Waals surface area contributed by atoms with Gasteiger partial charge in [-0.3, -0.25) is 4.79 Å². The molecule has 1 atom stereocenters. The first-order valence-corrected chi connectivity index (χ1v) is 9.05. The maximum absolute atomic E-state index is 13.1. The number of hydrogen-bond donors (Lipinski definition) is 1. The van der Waals surface area contributed by atoms with E-state index in [4.69, 9.17) is 0 Å². The Kier molecular flexibility index (Phi) is 4.53. The van der Waals surface area contributed by atoms with E-state index < -0.39 is 0 Å². The van der Waals surface area contributed by atoms with E-state index in [9.17, 15) is 9.18 Å². The number of benzene rings is 2. The number of carbonyl (C=O) groups is 1. The molecule has 2 aromatic carbocycles. The summed E-state index contributed by atoms with van der Waals surface area (Å²) in [5.74, 6) is 1.05.